The molecule has 2 rings (SSSR count). The summed E-state index contributed by atoms with van der Waals surface area (Å²) in [6.07, 6.45) is 8.91. The zero-order valence-electron chi connectivity index (χ0n) is 13.0. The fourth-order valence-electron chi connectivity index (χ4n) is 1.90. The average Bonchev–Trinajstić information content (AvgIpc) is 3.06. The van der Waals surface area contributed by atoms with Crippen LogP contribution in [-0.2, 0) is 6.42 Å². The molecule has 132 valence electrons. The SMILES string of the molecule is C=C/C=C\C(=C\c1ccc(NCCc2cnc[nH]2)nc1)C(F)F.F.[HH].[HH]. The highest BCUT2D eigenvalue weighted by molar-refractivity contribution is 5.57. The van der Waals surface area contributed by atoms with Gasteiger partial charge in [0, 0.05) is 39.5 Å². The summed E-state index contributed by atoms with van der Waals surface area (Å²) in [4.78, 5) is 11.2. The molecule has 0 spiro atoms. The molecule has 0 aromatic carbocycles. The monoisotopic (exact) mass is 340 g/mol. The van der Waals surface area contributed by atoms with E-state index in [2.05, 4.69) is 26.8 Å². The Labute approximate surface area is 141 Å². The maximum atomic E-state index is 12.9. The van der Waals surface area contributed by atoms with E-state index in [0.29, 0.717) is 17.9 Å². The molecule has 0 aliphatic rings. The van der Waals surface area contributed by atoms with Crippen molar-refractivity contribution < 1.29 is 16.3 Å². The highest BCUT2D eigenvalue weighted by Crippen LogP contribution is 2.16. The lowest BCUT2D eigenvalue weighted by molar-refractivity contribution is 0.195. The van der Waals surface area contributed by atoms with Gasteiger partial charge in [0.25, 0.3) is 6.43 Å². The molecule has 0 amide bonds. The molecule has 0 fully saturated rings. The third-order valence-electron chi connectivity index (χ3n) is 3.05. The molecule has 24 heavy (non-hydrogen) atoms. The second-order valence-corrected chi connectivity index (χ2v) is 4.77. The molecule has 0 unspecified atom stereocenters. The van der Waals surface area contributed by atoms with Gasteiger partial charge >= 0.3 is 0 Å². The molecule has 0 saturated carbocycles. The number of imidazole rings is 1. The highest BCUT2D eigenvalue weighted by Gasteiger charge is 2.07. The molecule has 0 aliphatic heterocycles. The maximum Gasteiger partial charge on any atom is 0.263 e. The number of aromatic amines is 1. The first-order valence-corrected chi connectivity index (χ1v) is 7.15. The molecule has 7 heteroatoms. The third kappa shape index (κ3) is 6.12. The number of alkyl halides is 2. The van der Waals surface area contributed by atoms with Crippen molar-refractivity contribution in [2.24, 2.45) is 0 Å². The summed E-state index contributed by atoms with van der Waals surface area (Å²) in [5.41, 5.74) is 1.58. The van der Waals surface area contributed by atoms with E-state index in [1.807, 2.05) is 0 Å². The number of nitrogens with zero attached hydrogens (tertiary/aromatic N) is 2. The summed E-state index contributed by atoms with van der Waals surface area (Å²) in [5.74, 6) is 0.696. The highest BCUT2D eigenvalue weighted by atomic mass is 19.3. The molecular weight excluding hydrogens is 317 g/mol. The van der Waals surface area contributed by atoms with E-state index in [-0.39, 0.29) is 13.1 Å². The Morgan fingerprint density at radius 1 is 1.38 bits per heavy atom. The van der Waals surface area contributed by atoms with Gasteiger partial charge in [-0.25, -0.2) is 18.7 Å². The number of rotatable bonds is 8. The molecule has 2 N–H and O–H groups in total. The van der Waals surface area contributed by atoms with Gasteiger partial charge in [-0.1, -0.05) is 24.8 Å². The summed E-state index contributed by atoms with van der Waals surface area (Å²) < 4.78 is 25.8. The van der Waals surface area contributed by atoms with E-state index in [1.165, 1.54) is 24.3 Å². The van der Waals surface area contributed by atoms with Crippen LogP contribution in [0.25, 0.3) is 6.08 Å². The van der Waals surface area contributed by atoms with Crippen molar-refractivity contribution in [3.63, 3.8) is 0 Å². The number of halogens is 3. The molecular formula is C17H23F3N4. The third-order valence-corrected chi connectivity index (χ3v) is 3.05. The second-order valence-electron chi connectivity index (χ2n) is 4.77. The Kier molecular flexibility index (Phi) is 8.04. The van der Waals surface area contributed by atoms with Crippen LogP contribution in [0.1, 0.15) is 14.1 Å². The lowest BCUT2D eigenvalue weighted by Gasteiger charge is -2.05. The second kappa shape index (κ2) is 10.0. The molecule has 0 bridgehead atoms. The molecule has 4 nitrogen and oxygen atoms in total. The average molecular weight is 340 g/mol. The van der Waals surface area contributed by atoms with Crippen LogP contribution in [0.2, 0.25) is 0 Å². The molecule has 0 saturated heterocycles. The molecule has 2 aromatic rings. The smallest absolute Gasteiger partial charge is 0.263 e. The molecule has 0 aliphatic carbocycles. The van der Waals surface area contributed by atoms with Crippen LogP contribution < -0.4 is 5.32 Å². The van der Waals surface area contributed by atoms with Crippen molar-refractivity contribution in [2.75, 3.05) is 11.9 Å². The first-order chi connectivity index (χ1) is 11.2. The van der Waals surface area contributed by atoms with E-state index >= 15 is 0 Å². The van der Waals surface area contributed by atoms with Crippen LogP contribution in [0.4, 0.5) is 19.3 Å². The van der Waals surface area contributed by atoms with Gasteiger partial charge < -0.3 is 10.3 Å². The van der Waals surface area contributed by atoms with Gasteiger partial charge in [0.1, 0.15) is 5.82 Å². The van der Waals surface area contributed by atoms with Gasteiger partial charge in [-0.15, -0.1) is 0 Å². The predicted molar refractivity (Wildman–Crippen MR) is 95.1 cm³/mol. The van der Waals surface area contributed by atoms with Gasteiger partial charge in [-0.05, 0) is 23.8 Å². The number of nitrogens with one attached hydrogen (secondary N) is 2. The van der Waals surface area contributed by atoms with E-state index in [9.17, 15) is 8.78 Å². The van der Waals surface area contributed by atoms with Gasteiger partial charge in [0.2, 0.25) is 0 Å². The van der Waals surface area contributed by atoms with E-state index in [0.717, 1.165) is 12.1 Å². The molecule has 0 atom stereocenters. The van der Waals surface area contributed by atoms with Crippen molar-refractivity contribution in [1.29, 1.82) is 0 Å². The first-order valence-electron chi connectivity index (χ1n) is 7.15. The summed E-state index contributed by atoms with van der Waals surface area (Å²) in [7, 11) is 0. The van der Waals surface area contributed by atoms with Crippen LogP contribution in [-0.4, -0.2) is 27.9 Å². The number of hydrogen-bond acceptors (Lipinski definition) is 3. The summed E-state index contributed by atoms with van der Waals surface area (Å²) in [6.45, 7) is 4.17. The lowest BCUT2D eigenvalue weighted by Crippen LogP contribution is -2.06. The standard InChI is InChI=1S/C17H18F2N4.FH.2H2/c1-2-3-4-14(17(18)19)9-13-5-6-16(22-10-13)21-8-7-15-11-20-12-23-15;;;/h2-6,9-12,17H,1,7-8H2,(H,20,23)(H,21,22);3*1H/b4-3-,14-9-;;;. The number of allylic oxidation sites excluding steroid dienone is 4. The number of H-pyrrole nitrogens is 1. The van der Waals surface area contributed by atoms with Crippen molar-refractivity contribution in [3.05, 3.63) is 72.5 Å². The predicted octanol–water partition coefficient (Wildman–Crippen LogP) is 4.49. The zero-order valence-corrected chi connectivity index (χ0v) is 13.0. The van der Waals surface area contributed by atoms with Crippen molar-refractivity contribution in [2.45, 2.75) is 12.8 Å². The molecule has 2 aromatic heterocycles. The largest absolute Gasteiger partial charge is 0.370 e. The quantitative estimate of drug-likeness (QED) is 0.696. The summed E-state index contributed by atoms with van der Waals surface area (Å²) in [5, 5.41) is 3.17. The Bertz CT molecular complexity index is 672. The minimum Gasteiger partial charge on any atom is -0.370 e. The zero-order chi connectivity index (χ0) is 16.5. The fourth-order valence-corrected chi connectivity index (χ4v) is 1.90. The van der Waals surface area contributed by atoms with Crippen LogP contribution in [0, 0.1) is 0 Å². The number of anilines is 1. The lowest BCUT2D eigenvalue weighted by atomic mass is 10.1. The number of pyridine rings is 1. The molecule has 2 heterocycles. The Morgan fingerprint density at radius 3 is 2.79 bits per heavy atom. The number of aromatic nitrogens is 3. The Balaban J connectivity index is 0. The van der Waals surface area contributed by atoms with Crippen LogP contribution in [0.15, 0.2) is 61.2 Å². The summed E-state index contributed by atoms with van der Waals surface area (Å²) in [6, 6.07) is 3.51. The Hall–Kier alpha value is -2.83. The van der Waals surface area contributed by atoms with E-state index in [4.69, 9.17) is 0 Å². The minimum atomic E-state index is -2.54. The Morgan fingerprint density at radius 2 is 2.21 bits per heavy atom. The normalized spacial score (nSPS) is 11.5. The van der Waals surface area contributed by atoms with Crippen LogP contribution in [0.3, 0.4) is 0 Å². The van der Waals surface area contributed by atoms with Crippen molar-refractivity contribution in [1.82, 2.24) is 15.0 Å². The van der Waals surface area contributed by atoms with Crippen LogP contribution >= 0.6 is 0 Å². The van der Waals surface area contributed by atoms with E-state index < -0.39 is 6.43 Å². The molecule has 0 radical (unpaired) electrons. The maximum absolute atomic E-state index is 12.9. The van der Waals surface area contributed by atoms with Crippen molar-refractivity contribution in [3.8, 4) is 0 Å². The summed E-state index contributed by atoms with van der Waals surface area (Å²) >= 11 is 0. The van der Waals surface area contributed by atoms with Gasteiger partial charge in [0.05, 0.1) is 6.33 Å². The minimum absolute atomic E-state index is 0. The van der Waals surface area contributed by atoms with Gasteiger partial charge in [-0.3, -0.25) is 4.70 Å². The fraction of sp³-hybridized carbons (Fsp3) is 0.176. The van der Waals surface area contributed by atoms with Gasteiger partial charge in [0.15, 0.2) is 0 Å². The topological polar surface area (TPSA) is 53.6 Å². The van der Waals surface area contributed by atoms with E-state index in [1.54, 1.807) is 30.9 Å². The first kappa shape index (κ1) is 19.2. The van der Waals surface area contributed by atoms with Crippen molar-refractivity contribution >= 4 is 11.9 Å². The van der Waals surface area contributed by atoms with Gasteiger partial charge in [-0.2, -0.15) is 0 Å². The van der Waals surface area contributed by atoms with Crippen LogP contribution in [0.5, 0.6) is 0 Å². The number of hydrogen-bond donors (Lipinski definition) is 2.